The number of ether oxygens (including phenoxy) is 3. The summed E-state index contributed by atoms with van der Waals surface area (Å²) in [5.74, 6) is -0.489. The van der Waals surface area contributed by atoms with Crippen molar-refractivity contribution in [3.63, 3.8) is 0 Å². The van der Waals surface area contributed by atoms with Crippen LogP contribution in [0.4, 0.5) is 0 Å². The van der Waals surface area contributed by atoms with Crippen LogP contribution in [-0.4, -0.2) is 36.2 Å². The Hall–Kier alpha value is -0.940. The summed E-state index contributed by atoms with van der Waals surface area (Å²) < 4.78 is 18.6. The van der Waals surface area contributed by atoms with Crippen molar-refractivity contribution in [2.24, 2.45) is 0 Å². The lowest BCUT2D eigenvalue weighted by molar-refractivity contribution is -0.323. The molecule has 2 fully saturated rings. The fraction of sp³-hybridized carbons (Fsp3) is 0.760. The van der Waals surface area contributed by atoms with Crippen molar-refractivity contribution in [3.8, 4) is 0 Å². The molecule has 2 saturated heterocycles. The van der Waals surface area contributed by atoms with Crippen LogP contribution in [0.5, 0.6) is 0 Å². The zero-order chi connectivity index (χ0) is 21.0. The molecule has 0 aliphatic carbocycles. The lowest BCUT2D eigenvalue weighted by Gasteiger charge is -2.53. The second-order valence-corrected chi connectivity index (χ2v) is 10.3. The number of piperidine rings is 1. The van der Waals surface area contributed by atoms with E-state index in [1.54, 1.807) is 0 Å². The minimum Gasteiger partial charge on any atom is -0.369 e. The molecule has 0 amide bonds. The Balaban J connectivity index is 1.43. The van der Waals surface area contributed by atoms with Gasteiger partial charge in [-0.15, -0.1) is 0 Å². The molecule has 1 N–H and O–H groups in total. The molecule has 2 heterocycles. The lowest BCUT2D eigenvalue weighted by Crippen LogP contribution is -2.66. The third-order valence-electron chi connectivity index (χ3n) is 5.99. The van der Waals surface area contributed by atoms with Gasteiger partial charge >= 0.3 is 0 Å². The van der Waals surface area contributed by atoms with Crippen molar-refractivity contribution >= 4 is 0 Å². The number of rotatable bonds is 8. The van der Waals surface area contributed by atoms with Gasteiger partial charge in [0.1, 0.15) is 6.10 Å². The van der Waals surface area contributed by atoms with Gasteiger partial charge in [-0.2, -0.15) is 0 Å². The van der Waals surface area contributed by atoms with Gasteiger partial charge in [-0.25, -0.2) is 0 Å². The largest absolute Gasteiger partial charge is 0.369 e. The predicted molar refractivity (Wildman–Crippen MR) is 118 cm³/mol. The van der Waals surface area contributed by atoms with Gasteiger partial charge in [-0.05, 0) is 51.7 Å². The maximum Gasteiger partial charge on any atom is 0.172 e. The number of aryl methyl sites for hydroxylation is 1. The normalized spacial score (nSPS) is 23.3. The van der Waals surface area contributed by atoms with Crippen LogP contribution in [0.1, 0.15) is 84.3 Å². The molecule has 0 aromatic heterocycles. The Labute approximate surface area is 177 Å². The van der Waals surface area contributed by atoms with Crippen molar-refractivity contribution in [1.82, 2.24) is 5.32 Å². The summed E-state index contributed by atoms with van der Waals surface area (Å²) in [6.07, 6.45) is 8.12. The Morgan fingerprint density at radius 3 is 2.07 bits per heavy atom. The highest BCUT2D eigenvalue weighted by atomic mass is 16.7. The van der Waals surface area contributed by atoms with Gasteiger partial charge in [0.25, 0.3) is 0 Å². The molecule has 0 unspecified atom stereocenters. The van der Waals surface area contributed by atoms with E-state index in [1.807, 2.05) is 0 Å². The second-order valence-electron chi connectivity index (χ2n) is 10.3. The number of hydrogen-bond donors (Lipinski definition) is 1. The van der Waals surface area contributed by atoms with Crippen LogP contribution in [0.25, 0.3) is 0 Å². The van der Waals surface area contributed by atoms with Crippen molar-refractivity contribution in [1.29, 1.82) is 0 Å². The molecule has 3 rings (SSSR count). The van der Waals surface area contributed by atoms with Crippen LogP contribution < -0.4 is 5.32 Å². The van der Waals surface area contributed by atoms with Crippen LogP contribution in [-0.2, 0) is 27.2 Å². The third kappa shape index (κ3) is 6.78. The van der Waals surface area contributed by atoms with Crippen LogP contribution in [0.3, 0.4) is 0 Å². The topological polar surface area (TPSA) is 39.7 Å². The van der Waals surface area contributed by atoms with Gasteiger partial charge in [0.2, 0.25) is 0 Å². The van der Waals surface area contributed by atoms with E-state index in [9.17, 15) is 0 Å². The molecule has 0 bridgehead atoms. The Bertz CT molecular complexity index is 612. The lowest BCUT2D eigenvalue weighted by atomic mass is 9.78. The highest BCUT2D eigenvalue weighted by Crippen LogP contribution is 2.41. The zero-order valence-electron chi connectivity index (χ0n) is 19.2. The average molecular weight is 404 g/mol. The van der Waals surface area contributed by atoms with Crippen LogP contribution >= 0.6 is 0 Å². The quantitative estimate of drug-likeness (QED) is 0.592. The van der Waals surface area contributed by atoms with Crippen molar-refractivity contribution in [2.45, 2.75) is 109 Å². The Morgan fingerprint density at radius 1 is 0.897 bits per heavy atom. The summed E-state index contributed by atoms with van der Waals surface area (Å²) >= 11 is 0. The zero-order valence-corrected chi connectivity index (χ0v) is 19.2. The van der Waals surface area contributed by atoms with Gasteiger partial charge in [-0.1, -0.05) is 50.5 Å². The summed E-state index contributed by atoms with van der Waals surface area (Å²) in [4.78, 5) is 0. The second kappa shape index (κ2) is 9.47. The third-order valence-corrected chi connectivity index (χ3v) is 5.99. The summed E-state index contributed by atoms with van der Waals surface area (Å²) in [5.41, 5.74) is 2.63. The SMILES string of the molecule is CCCCCCc1ccc(COC2COC3(CC(C)(C)NC(C)(C)C3)OC2)cc1. The van der Waals surface area contributed by atoms with Crippen molar-refractivity contribution < 1.29 is 14.2 Å². The smallest absolute Gasteiger partial charge is 0.172 e. The van der Waals surface area contributed by atoms with Crippen molar-refractivity contribution in [2.75, 3.05) is 13.2 Å². The van der Waals surface area contributed by atoms with Crippen LogP contribution in [0.15, 0.2) is 24.3 Å². The molecule has 29 heavy (non-hydrogen) atoms. The maximum absolute atomic E-state index is 6.27. The maximum atomic E-state index is 6.27. The number of hydrogen-bond acceptors (Lipinski definition) is 4. The molecular weight excluding hydrogens is 362 g/mol. The fourth-order valence-corrected chi connectivity index (χ4v) is 5.07. The standard InChI is InChI=1S/C25H41NO3/c1-6-7-8-9-10-20-11-13-21(14-12-20)15-27-22-16-28-25(29-17-22)18-23(2,3)26-24(4,5)19-25/h11-14,22,26H,6-10,15-19H2,1-5H3. The Kier molecular flexibility index (Phi) is 7.42. The summed E-state index contributed by atoms with van der Waals surface area (Å²) in [7, 11) is 0. The minimum atomic E-state index is -0.489. The number of nitrogens with one attached hydrogen (secondary N) is 1. The van der Waals surface area contributed by atoms with E-state index < -0.39 is 5.79 Å². The van der Waals surface area contributed by atoms with E-state index in [2.05, 4.69) is 64.2 Å². The Morgan fingerprint density at radius 2 is 1.48 bits per heavy atom. The summed E-state index contributed by atoms with van der Waals surface area (Å²) in [5, 5.41) is 3.69. The number of benzene rings is 1. The highest BCUT2D eigenvalue weighted by Gasteiger charge is 2.50. The van der Waals surface area contributed by atoms with Gasteiger partial charge in [0, 0.05) is 23.9 Å². The minimum absolute atomic E-state index is 0.00421. The van der Waals surface area contributed by atoms with Crippen molar-refractivity contribution in [3.05, 3.63) is 35.4 Å². The molecule has 164 valence electrons. The molecule has 1 aromatic carbocycles. The molecule has 4 nitrogen and oxygen atoms in total. The summed E-state index contributed by atoms with van der Waals surface area (Å²) in [6.45, 7) is 12.9. The molecule has 0 saturated carbocycles. The molecular formula is C25H41NO3. The van der Waals surface area contributed by atoms with Gasteiger partial charge in [-0.3, -0.25) is 0 Å². The predicted octanol–water partition coefficient (Wildman–Crippen LogP) is 5.38. The van der Waals surface area contributed by atoms with E-state index in [4.69, 9.17) is 14.2 Å². The molecule has 2 aliphatic heterocycles. The molecule has 4 heteroatoms. The van der Waals surface area contributed by atoms with E-state index in [0.29, 0.717) is 19.8 Å². The van der Waals surface area contributed by atoms with Gasteiger partial charge in [0.15, 0.2) is 5.79 Å². The number of unbranched alkanes of at least 4 members (excludes halogenated alkanes) is 3. The molecule has 1 aromatic rings. The van der Waals surface area contributed by atoms with E-state index in [1.165, 1.54) is 43.2 Å². The first-order valence-corrected chi connectivity index (χ1v) is 11.5. The first-order chi connectivity index (χ1) is 13.7. The molecule has 0 atom stereocenters. The first kappa shape index (κ1) is 22.7. The molecule has 0 radical (unpaired) electrons. The van der Waals surface area contributed by atoms with Gasteiger partial charge < -0.3 is 19.5 Å². The molecule has 1 spiro atoms. The molecule has 2 aliphatic rings. The van der Waals surface area contributed by atoms with E-state index in [0.717, 1.165) is 12.8 Å². The van der Waals surface area contributed by atoms with Gasteiger partial charge in [0.05, 0.1) is 19.8 Å². The summed E-state index contributed by atoms with van der Waals surface area (Å²) in [6, 6.07) is 8.87. The van der Waals surface area contributed by atoms with Crippen LogP contribution in [0, 0.1) is 0 Å². The first-order valence-electron chi connectivity index (χ1n) is 11.5. The monoisotopic (exact) mass is 403 g/mol. The fourth-order valence-electron chi connectivity index (χ4n) is 5.07. The average Bonchev–Trinajstić information content (AvgIpc) is 2.63. The van der Waals surface area contributed by atoms with Crippen LogP contribution in [0.2, 0.25) is 0 Å². The highest BCUT2D eigenvalue weighted by molar-refractivity contribution is 5.22. The van der Waals surface area contributed by atoms with E-state index >= 15 is 0 Å². The van der Waals surface area contributed by atoms with E-state index in [-0.39, 0.29) is 17.2 Å².